The predicted octanol–water partition coefficient (Wildman–Crippen LogP) is -0.581. The standard InChI is InChI=1S/C5H12ClN3/c6-9-5-1-2-8-3-4(5)7/h4-5,8-9H,1-3,7H2/t4-,5+/m0/s1. The summed E-state index contributed by atoms with van der Waals surface area (Å²) in [7, 11) is 0. The van der Waals surface area contributed by atoms with Crippen LogP contribution in [0.5, 0.6) is 0 Å². The van der Waals surface area contributed by atoms with Gasteiger partial charge in [-0.15, -0.1) is 0 Å². The summed E-state index contributed by atoms with van der Waals surface area (Å²) in [5.41, 5.74) is 5.68. The third kappa shape index (κ3) is 1.79. The maximum Gasteiger partial charge on any atom is 0.0396 e. The van der Waals surface area contributed by atoms with Crippen LogP contribution in [0.15, 0.2) is 0 Å². The number of rotatable bonds is 1. The molecule has 4 heteroatoms. The smallest absolute Gasteiger partial charge is 0.0396 e. The Kier molecular flexibility index (Phi) is 2.72. The zero-order valence-electron chi connectivity index (χ0n) is 5.23. The van der Waals surface area contributed by atoms with Gasteiger partial charge in [-0.05, 0) is 24.7 Å². The van der Waals surface area contributed by atoms with E-state index in [0.717, 1.165) is 19.5 Å². The topological polar surface area (TPSA) is 50.1 Å². The lowest BCUT2D eigenvalue weighted by atomic mass is 10.0. The number of piperidine rings is 1. The minimum absolute atomic E-state index is 0.163. The van der Waals surface area contributed by atoms with E-state index in [1.165, 1.54) is 0 Å². The molecule has 0 aromatic rings. The third-order valence-corrected chi connectivity index (χ3v) is 1.95. The maximum atomic E-state index is 5.68. The van der Waals surface area contributed by atoms with Gasteiger partial charge < -0.3 is 11.1 Å². The van der Waals surface area contributed by atoms with Crippen molar-refractivity contribution in [3.63, 3.8) is 0 Å². The lowest BCUT2D eigenvalue weighted by molar-refractivity contribution is 0.383. The Balaban J connectivity index is 2.30. The third-order valence-electron chi connectivity index (χ3n) is 1.67. The number of nitrogens with one attached hydrogen (secondary N) is 2. The molecule has 1 saturated heterocycles. The minimum atomic E-state index is 0.163. The lowest BCUT2D eigenvalue weighted by Gasteiger charge is -2.27. The summed E-state index contributed by atoms with van der Waals surface area (Å²) in [6, 6.07) is 0.448. The summed E-state index contributed by atoms with van der Waals surface area (Å²) in [6.07, 6.45) is 1.02. The van der Waals surface area contributed by atoms with E-state index in [-0.39, 0.29) is 12.1 Å². The van der Waals surface area contributed by atoms with Gasteiger partial charge in [-0.3, -0.25) is 0 Å². The molecule has 54 valence electrons. The molecular formula is C5H12ClN3. The van der Waals surface area contributed by atoms with Crippen LogP contribution in [0.3, 0.4) is 0 Å². The molecular weight excluding hydrogens is 138 g/mol. The first-order valence-corrected chi connectivity index (χ1v) is 3.55. The van der Waals surface area contributed by atoms with Crippen molar-refractivity contribution in [2.75, 3.05) is 13.1 Å². The summed E-state index contributed by atoms with van der Waals surface area (Å²) < 4.78 is 0. The molecule has 1 aliphatic rings. The van der Waals surface area contributed by atoms with Crippen molar-refractivity contribution in [2.45, 2.75) is 18.5 Å². The molecule has 0 radical (unpaired) electrons. The fraction of sp³-hybridized carbons (Fsp3) is 1.00. The van der Waals surface area contributed by atoms with E-state index in [1.54, 1.807) is 0 Å². The fourth-order valence-corrected chi connectivity index (χ4v) is 1.29. The van der Waals surface area contributed by atoms with Crippen LogP contribution in [0.25, 0.3) is 0 Å². The van der Waals surface area contributed by atoms with Crippen molar-refractivity contribution in [1.29, 1.82) is 0 Å². The molecule has 1 heterocycles. The largest absolute Gasteiger partial charge is 0.325 e. The van der Waals surface area contributed by atoms with Crippen LogP contribution >= 0.6 is 11.8 Å². The Bertz CT molecular complexity index is 88.3. The quantitative estimate of drug-likeness (QED) is 0.438. The van der Waals surface area contributed by atoms with Crippen molar-refractivity contribution in [3.05, 3.63) is 0 Å². The molecule has 0 amide bonds. The van der Waals surface area contributed by atoms with Crippen LogP contribution in [0.1, 0.15) is 6.42 Å². The molecule has 0 aromatic carbocycles. The average Bonchev–Trinajstić information content (AvgIpc) is 1.89. The highest BCUT2D eigenvalue weighted by Crippen LogP contribution is 2.00. The van der Waals surface area contributed by atoms with Gasteiger partial charge in [0.2, 0.25) is 0 Å². The molecule has 0 aromatic heterocycles. The highest BCUT2D eigenvalue weighted by molar-refractivity contribution is 6.13. The summed E-state index contributed by atoms with van der Waals surface area (Å²) in [5, 5.41) is 3.18. The predicted molar refractivity (Wildman–Crippen MR) is 38.2 cm³/mol. The number of hydrogen-bond donors (Lipinski definition) is 3. The van der Waals surface area contributed by atoms with Gasteiger partial charge in [-0.2, -0.15) is 0 Å². The molecule has 4 N–H and O–H groups in total. The van der Waals surface area contributed by atoms with Crippen LogP contribution in [0.2, 0.25) is 0 Å². The Morgan fingerprint density at radius 1 is 1.67 bits per heavy atom. The van der Waals surface area contributed by atoms with E-state index in [9.17, 15) is 0 Å². The van der Waals surface area contributed by atoms with Crippen LogP contribution in [-0.4, -0.2) is 25.2 Å². The molecule has 0 bridgehead atoms. The molecule has 0 unspecified atom stereocenters. The zero-order chi connectivity index (χ0) is 6.69. The van der Waals surface area contributed by atoms with Crippen LogP contribution in [0.4, 0.5) is 0 Å². The lowest BCUT2D eigenvalue weighted by Crippen LogP contribution is -2.53. The molecule has 9 heavy (non-hydrogen) atoms. The van der Waals surface area contributed by atoms with Crippen LogP contribution in [0, 0.1) is 0 Å². The molecule has 2 atom stereocenters. The van der Waals surface area contributed by atoms with E-state index in [2.05, 4.69) is 10.2 Å². The van der Waals surface area contributed by atoms with E-state index in [0.29, 0.717) is 0 Å². The van der Waals surface area contributed by atoms with Gasteiger partial charge in [0.25, 0.3) is 0 Å². The van der Waals surface area contributed by atoms with Crippen molar-refractivity contribution in [2.24, 2.45) is 5.73 Å². The highest BCUT2D eigenvalue weighted by Gasteiger charge is 2.19. The molecule has 0 saturated carbocycles. The monoisotopic (exact) mass is 149 g/mol. The van der Waals surface area contributed by atoms with E-state index < -0.39 is 0 Å². The van der Waals surface area contributed by atoms with E-state index >= 15 is 0 Å². The van der Waals surface area contributed by atoms with E-state index in [4.69, 9.17) is 17.5 Å². The fourth-order valence-electron chi connectivity index (χ4n) is 1.02. The van der Waals surface area contributed by atoms with Crippen molar-refractivity contribution < 1.29 is 0 Å². The molecule has 0 aliphatic carbocycles. The van der Waals surface area contributed by atoms with Crippen molar-refractivity contribution in [3.8, 4) is 0 Å². The molecule has 3 nitrogen and oxygen atoms in total. The van der Waals surface area contributed by atoms with Crippen LogP contribution in [-0.2, 0) is 0 Å². The molecule has 1 fully saturated rings. The van der Waals surface area contributed by atoms with E-state index in [1.807, 2.05) is 0 Å². The van der Waals surface area contributed by atoms with Gasteiger partial charge in [0, 0.05) is 18.6 Å². The first kappa shape index (κ1) is 7.28. The summed E-state index contributed by atoms with van der Waals surface area (Å²) in [5.74, 6) is 0. The van der Waals surface area contributed by atoms with Crippen LogP contribution < -0.4 is 15.9 Å². The Morgan fingerprint density at radius 3 is 2.89 bits per heavy atom. The Hall–Kier alpha value is 0.170. The Labute approximate surface area is 60.0 Å². The first-order valence-electron chi connectivity index (χ1n) is 3.17. The van der Waals surface area contributed by atoms with Gasteiger partial charge in [-0.1, -0.05) is 0 Å². The van der Waals surface area contributed by atoms with Gasteiger partial charge in [0.15, 0.2) is 0 Å². The van der Waals surface area contributed by atoms with Crippen molar-refractivity contribution in [1.82, 2.24) is 10.2 Å². The SMILES string of the molecule is N[C@H]1CNCC[C@H]1NCl. The van der Waals surface area contributed by atoms with Crippen molar-refractivity contribution >= 4 is 11.8 Å². The normalized spacial score (nSPS) is 36.7. The van der Waals surface area contributed by atoms with Gasteiger partial charge in [0.05, 0.1) is 0 Å². The highest BCUT2D eigenvalue weighted by atomic mass is 35.5. The molecule has 1 rings (SSSR count). The van der Waals surface area contributed by atoms with Gasteiger partial charge in [0.1, 0.15) is 0 Å². The zero-order valence-corrected chi connectivity index (χ0v) is 5.99. The number of halogens is 1. The number of nitrogens with two attached hydrogens (primary N) is 1. The average molecular weight is 150 g/mol. The minimum Gasteiger partial charge on any atom is -0.325 e. The second-order valence-electron chi connectivity index (χ2n) is 2.37. The summed E-state index contributed by atoms with van der Waals surface area (Å²) in [6.45, 7) is 1.88. The molecule has 0 spiro atoms. The Morgan fingerprint density at radius 2 is 2.44 bits per heavy atom. The number of hydrogen-bond acceptors (Lipinski definition) is 3. The first-order chi connectivity index (χ1) is 4.34. The van der Waals surface area contributed by atoms with Gasteiger partial charge in [-0.25, -0.2) is 4.84 Å². The maximum absolute atomic E-state index is 5.68. The molecule has 1 aliphatic heterocycles. The second-order valence-corrected chi connectivity index (χ2v) is 2.59. The summed E-state index contributed by atoms with van der Waals surface area (Å²) in [4.78, 5) is 2.66. The summed E-state index contributed by atoms with van der Waals surface area (Å²) >= 11 is 5.42. The van der Waals surface area contributed by atoms with Gasteiger partial charge >= 0.3 is 0 Å². The second kappa shape index (κ2) is 3.37.